The third kappa shape index (κ3) is 4.12. The van der Waals surface area contributed by atoms with Crippen LogP contribution in [0.4, 0.5) is 17.6 Å². The summed E-state index contributed by atoms with van der Waals surface area (Å²) in [7, 11) is -2.39. The van der Waals surface area contributed by atoms with Gasteiger partial charge in [-0.05, 0) is 30.3 Å². The van der Waals surface area contributed by atoms with Gasteiger partial charge in [0, 0.05) is 6.07 Å². The largest absolute Gasteiger partial charge is 0.707 e. The number of halogens is 4. The van der Waals surface area contributed by atoms with Gasteiger partial charge in [0.15, 0.2) is 0 Å². The van der Waals surface area contributed by atoms with E-state index in [1.54, 1.807) is 0 Å². The third-order valence-corrected chi connectivity index (χ3v) is 2.52. The molecular formula is C13H9BF4O4. The zero-order valence-corrected chi connectivity index (χ0v) is 10.8. The maximum atomic E-state index is 13.0. The summed E-state index contributed by atoms with van der Waals surface area (Å²) in [5.74, 6) is -1.56. The minimum Gasteiger partial charge on any atom is -0.511 e. The first-order valence-corrected chi connectivity index (χ1v) is 5.93. The SMILES string of the molecule is OB(O)Oc1ccc(Oc2cccc(F)c2)cc1C(F)(F)F. The molecule has 0 heterocycles. The molecule has 0 unspecified atom stereocenters. The van der Waals surface area contributed by atoms with E-state index in [1.807, 2.05) is 0 Å². The molecule has 0 saturated carbocycles. The van der Waals surface area contributed by atoms with Crippen LogP contribution in [0, 0.1) is 5.82 Å². The molecule has 116 valence electrons. The van der Waals surface area contributed by atoms with Gasteiger partial charge in [-0.2, -0.15) is 13.2 Å². The Morgan fingerprint density at radius 1 is 0.955 bits per heavy atom. The van der Waals surface area contributed by atoms with Crippen LogP contribution in [-0.4, -0.2) is 17.4 Å². The van der Waals surface area contributed by atoms with Crippen molar-refractivity contribution < 1.29 is 37.0 Å². The van der Waals surface area contributed by atoms with Crippen molar-refractivity contribution in [3.8, 4) is 17.2 Å². The van der Waals surface area contributed by atoms with Gasteiger partial charge in [0.2, 0.25) is 0 Å². The average Bonchev–Trinajstić information content (AvgIpc) is 2.39. The lowest BCUT2D eigenvalue weighted by Gasteiger charge is -2.15. The normalized spacial score (nSPS) is 11.2. The predicted octanol–water partition coefficient (Wildman–Crippen LogP) is 2.99. The minimum atomic E-state index is -4.80. The molecule has 2 rings (SSSR count). The standard InChI is InChI=1S/C13H9BF4O4/c15-8-2-1-3-9(6-8)21-10-4-5-12(22-14(19)20)11(7-10)13(16,17)18/h1-7,19-20H. The molecule has 0 aromatic heterocycles. The molecule has 0 radical (unpaired) electrons. The van der Waals surface area contributed by atoms with Crippen LogP contribution in [0.1, 0.15) is 5.56 Å². The molecule has 0 aliphatic heterocycles. The summed E-state index contributed by atoms with van der Waals surface area (Å²) in [5, 5.41) is 17.2. The smallest absolute Gasteiger partial charge is 0.511 e. The van der Waals surface area contributed by atoms with Gasteiger partial charge in [-0.1, -0.05) is 6.07 Å². The lowest BCUT2D eigenvalue weighted by molar-refractivity contribution is -0.138. The van der Waals surface area contributed by atoms with Gasteiger partial charge in [0.05, 0.1) is 5.56 Å². The molecule has 0 atom stereocenters. The summed E-state index contributed by atoms with van der Waals surface area (Å²) in [4.78, 5) is 0. The van der Waals surface area contributed by atoms with E-state index in [2.05, 4.69) is 4.65 Å². The molecule has 2 N–H and O–H groups in total. The van der Waals surface area contributed by atoms with Crippen molar-refractivity contribution >= 4 is 7.32 Å². The highest BCUT2D eigenvalue weighted by Crippen LogP contribution is 2.39. The summed E-state index contributed by atoms with van der Waals surface area (Å²) >= 11 is 0. The highest BCUT2D eigenvalue weighted by Gasteiger charge is 2.36. The van der Waals surface area contributed by atoms with E-state index in [0.717, 1.165) is 24.3 Å². The molecule has 0 spiro atoms. The first-order valence-electron chi connectivity index (χ1n) is 5.93. The average molecular weight is 316 g/mol. The number of hydrogen-bond donors (Lipinski definition) is 2. The van der Waals surface area contributed by atoms with Crippen molar-refractivity contribution in [1.82, 2.24) is 0 Å². The summed E-state index contributed by atoms with van der Waals surface area (Å²) in [5.41, 5.74) is -1.26. The number of rotatable bonds is 4. The van der Waals surface area contributed by atoms with E-state index in [4.69, 9.17) is 14.8 Å². The predicted molar refractivity (Wildman–Crippen MR) is 68.7 cm³/mol. The Hall–Kier alpha value is -2.26. The quantitative estimate of drug-likeness (QED) is 0.672. The van der Waals surface area contributed by atoms with Crippen LogP contribution in [0.25, 0.3) is 0 Å². The van der Waals surface area contributed by atoms with Crippen molar-refractivity contribution in [1.29, 1.82) is 0 Å². The summed E-state index contributed by atoms with van der Waals surface area (Å²) in [6, 6.07) is 7.49. The zero-order valence-electron chi connectivity index (χ0n) is 10.8. The lowest BCUT2D eigenvalue weighted by atomic mass is 10.1. The summed E-state index contributed by atoms with van der Waals surface area (Å²) in [6.07, 6.45) is -4.80. The second-order valence-corrected chi connectivity index (χ2v) is 4.16. The van der Waals surface area contributed by atoms with E-state index in [1.165, 1.54) is 12.1 Å². The molecule has 2 aromatic rings. The molecule has 0 fully saturated rings. The zero-order chi connectivity index (χ0) is 16.3. The van der Waals surface area contributed by atoms with Crippen molar-refractivity contribution in [3.05, 3.63) is 53.8 Å². The van der Waals surface area contributed by atoms with Crippen LogP contribution in [0.2, 0.25) is 0 Å². The number of ether oxygens (including phenoxy) is 1. The second-order valence-electron chi connectivity index (χ2n) is 4.16. The van der Waals surface area contributed by atoms with E-state index in [9.17, 15) is 17.6 Å². The maximum absolute atomic E-state index is 13.0. The number of alkyl halides is 3. The molecule has 0 aliphatic rings. The first kappa shape index (κ1) is 16.1. The highest BCUT2D eigenvalue weighted by atomic mass is 19.4. The molecule has 2 aromatic carbocycles. The first-order chi connectivity index (χ1) is 10.3. The van der Waals surface area contributed by atoms with Gasteiger partial charge in [-0.15, -0.1) is 0 Å². The Bertz CT molecular complexity index is 661. The second kappa shape index (κ2) is 6.24. The van der Waals surface area contributed by atoms with Crippen molar-refractivity contribution in [2.24, 2.45) is 0 Å². The molecule has 9 heteroatoms. The van der Waals surface area contributed by atoms with Gasteiger partial charge >= 0.3 is 13.5 Å². The topological polar surface area (TPSA) is 58.9 Å². The van der Waals surface area contributed by atoms with Gasteiger partial charge < -0.3 is 19.4 Å². The van der Waals surface area contributed by atoms with Crippen LogP contribution in [-0.2, 0) is 6.18 Å². The van der Waals surface area contributed by atoms with Crippen LogP contribution in [0.3, 0.4) is 0 Å². The molecule has 0 aliphatic carbocycles. The highest BCUT2D eigenvalue weighted by molar-refractivity contribution is 6.33. The van der Waals surface area contributed by atoms with E-state index in [0.29, 0.717) is 6.07 Å². The van der Waals surface area contributed by atoms with Gasteiger partial charge in [0.1, 0.15) is 23.1 Å². The Morgan fingerprint density at radius 2 is 1.64 bits per heavy atom. The van der Waals surface area contributed by atoms with Gasteiger partial charge in [-0.25, -0.2) is 4.39 Å². The van der Waals surface area contributed by atoms with E-state index in [-0.39, 0.29) is 11.5 Å². The van der Waals surface area contributed by atoms with Crippen LogP contribution < -0.4 is 9.39 Å². The minimum absolute atomic E-state index is 0.0176. The lowest BCUT2D eigenvalue weighted by Crippen LogP contribution is -2.22. The fourth-order valence-corrected chi connectivity index (χ4v) is 1.68. The maximum Gasteiger partial charge on any atom is 0.707 e. The van der Waals surface area contributed by atoms with Crippen LogP contribution >= 0.6 is 0 Å². The molecule has 22 heavy (non-hydrogen) atoms. The Balaban J connectivity index is 2.34. The molecule has 0 bridgehead atoms. The van der Waals surface area contributed by atoms with Gasteiger partial charge in [-0.3, -0.25) is 0 Å². The fraction of sp³-hybridized carbons (Fsp3) is 0.0769. The summed E-state index contributed by atoms with van der Waals surface area (Å²) in [6.45, 7) is 0. The van der Waals surface area contributed by atoms with Crippen molar-refractivity contribution in [3.63, 3.8) is 0 Å². The molecule has 0 saturated heterocycles. The number of hydrogen-bond acceptors (Lipinski definition) is 4. The van der Waals surface area contributed by atoms with Crippen LogP contribution in [0.5, 0.6) is 17.2 Å². The Labute approximate surface area is 122 Å². The van der Waals surface area contributed by atoms with Crippen LogP contribution in [0.15, 0.2) is 42.5 Å². The molecular weight excluding hydrogens is 307 g/mol. The fourth-order valence-electron chi connectivity index (χ4n) is 1.68. The van der Waals surface area contributed by atoms with Gasteiger partial charge in [0.25, 0.3) is 0 Å². The molecule has 4 nitrogen and oxygen atoms in total. The van der Waals surface area contributed by atoms with E-state index < -0.39 is 30.6 Å². The third-order valence-electron chi connectivity index (χ3n) is 2.52. The summed E-state index contributed by atoms with van der Waals surface area (Å²) < 4.78 is 61.2. The monoisotopic (exact) mass is 316 g/mol. The Kier molecular flexibility index (Phi) is 4.58. The van der Waals surface area contributed by atoms with E-state index >= 15 is 0 Å². The van der Waals surface area contributed by atoms with Crippen molar-refractivity contribution in [2.45, 2.75) is 6.18 Å². The molecule has 0 amide bonds. The van der Waals surface area contributed by atoms with Crippen molar-refractivity contribution in [2.75, 3.05) is 0 Å². The Morgan fingerprint density at radius 3 is 2.23 bits per heavy atom. The number of benzene rings is 2.